The van der Waals surface area contributed by atoms with Gasteiger partial charge >= 0.3 is 6.18 Å². The van der Waals surface area contributed by atoms with E-state index in [1.165, 1.54) is 12.1 Å². The molecule has 0 bridgehead atoms. The van der Waals surface area contributed by atoms with Gasteiger partial charge in [-0.3, -0.25) is 9.36 Å². The Morgan fingerprint density at radius 3 is 2.50 bits per heavy atom. The highest BCUT2D eigenvalue weighted by Crippen LogP contribution is 2.25. The molecule has 0 radical (unpaired) electrons. The van der Waals surface area contributed by atoms with E-state index in [2.05, 4.69) is 4.98 Å². The van der Waals surface area contributed by atoms with Gasteiger partial charge in [0.2, 0.25) is 0 Å². The molecule has 0 N–H and O–H groups in total. The number of nitrogens with zero attached hydrogens (tertiary/aromatic N) is 2. The molecule has 2 aromatic carbocycles. The molecular weight excluding hydrogens is 432 g/mol. The van der Waals surface area contributed by atoms with E-state index in [4.69, 9.17) is 0 Å². The molecule has 0 saturated heterocycles. The van der Waals surface area contributed by atoms with Crippen LogP contribution in [-0.4, -0.2) is 15.7 Å². The van der Waals surface area contributed by atoms with Gasteiger partial charge in [-0.1, -0.05) is 30.3 Å². The first kappa shape index (κ1) is 16.7. The van der Waals surface area contributed by atoms with Crippen molar-refractivity contribution in [3.63, 3.8) is 0 Å². The fraction of sp³-hybridized carbons (Fsp3) is 0.0588. The second-order valence-corrected chi connectivity index (χ2v) is 6.26. The van der Waals surface area contributed by atoms with Crippen LogP contribution in [0, 0.1) is 3.57 Å². The second-order valence-electron chi connectivity index (χ2n) is 5.02. The molecule has 0 amide bonds. The van der Waals surface area contributed by atoms with Gasteiger partial charge in [-0.15, -0.1) is 0 Å². The molecule has 3 nitrogen and oxygen atoms in total. The fourth-order valence-corrected chi connectivity index (χ4v) is 2.81. The Hall–Kier alpha value is -2.16. The van der Waals surface area contributed by atoms with Crippen LogP contribution in [0.3, 0.4) is 0 Å². The topological polar surface area (TPSA) is 34.9 Å². The fourth-order valence-electron chi connectivity index (χ4n) is 2.32. The number of rotatable bonds is 2. The molecule has 3 aromatic rings. The Labute approximate surface area is 148 Å². The Kier molecular flexibility index (Phi) is 4.44. The zero-order valence-electron chi connectivity index (χ0n) is 12.1. The van der Waals surface area contributed by atoms with Crippen molar-refractivity contribution < 1.29 is 13.2 Å². The molecule has 1 aromatic heterocycles. The monoisotopic (exact) mass is 442 g/mol. The summed E-state index contributed by atoms with van der Waals surface area (Å²) in [5.41, 5.74) is -0.0842. The van der Waals surface area contributed by atoms with Gasteiger partial charge in [0.15, 0.2) is 0 Å². The highest BCUT2D eigenvalue weighted by atomic mass is 127. The predicted octanol–water partition coefficient (Wildman–Crippen LogP) is 4.45. The Bertz CT molecular complexity index is 979. The molecule has 0 saturated carbocycles. The predicted molar refractivity (Wildman–Crippen MR) is 94.6 cm³/mol. The minimum absolute atomic E-state index is 0.116. The Morgan fingerprint density at radius 1 is 1.12 bits per heavy atom. The maximum atomic E-state index is 13.0. The van der Waals surface area contributed by atoms with Crippen molar-refractivity contribution in [2.24, 2.45) is 0 Å². The number of aromatic nitrogens is 2. The smallest absolute Gasteiger partial charge is 0.268 e. The van der Waals surface area contributed by atoms with Crippen molar-refractivity contribution in [2.75, 3.05) is 0 Å². The van der Waals surface area contributed by atoms with E-state index in [0.29, 0.717) is 5.52 Å². The molecule has 0 atom stereocenters. The highest BCUT2D eigenvalue weighted by Gasteiger charge is 2.26. The first-order valence-electron chi connectivity index (χ1n) is 6.87. The minimum atomic E-state index is -4.56. The van der Waals surface area contributed by atoms with Crippen LogP contribution in [0.25, 0.3) is 16.6 Å². The number of halogens is 4. The maximum Gasteiger partial charge on any atom is 0.411 e. The van der Waals surface area contributed by atoms with E-state index in [-0.39, 0.29) is 22.7 Å². The summed E-state index contributed by atoms with van der Waals surface area (Å²) in [5.74, 6) is 0. The lowest BCUT2D eigenvalue weighted by molar-refractivity contribution is -0.0795. The molecule has 0 aliphatic carbocycles. The molecule has 0 aliphatic heterocycles. The van der Waals surface area contributed by atoms with E-state index >= 15 is 0 Å². The summed E-state index contributed by atoms with van der Waals surface area (Å²) in [5, 5.41) is 0.272. The molecule has 3 rings (SSSR count). The van der Waals surface area contributed by atoms with Crippen molar-refractivity contribution in [3.05, 3.63) is 80.4 Å². The lowest BCUT2D eigenvalue weighted by atomic mass is 10.1. The van der Waals surface area contributed by atoms with Crippen LogP contribution < -0.4 is 5.56 Å². The number of benzene rings is 2. The van der Waals surface area contributed by atoms with Gasteiger partial charge in [0, 0.05) is 9.65 Å². The average molecular weight is 442 g/mol. The van der Waals surface area contributed by atoms with Crippen LogP contribution >= 0.6 is 22.6 Å². The van der Waals surface area contributed by atoms with Crippen LogP contribution in [0.5, 0.6) is 0 Å². The highest BCUT2D eigenvalue weighted by molar-refractivity contribution is 14.1. The summed E-state index contributed by atoms with van der Waals surface area (Å²) in [6.45, 7) is 0. The lowest BCUT2D eigenvalue weighted by Gasteiger charge is -2.13. The number of alkyl halides is 3. The summed E-state index contributed by atoms with van der Waals surface area (Å²) in [4.78, 5) is 16.8. The van der Waals surface area contributed by atoms with Crippen molar-refractivity contribution >= 4 is 39.2 Å². The molecule has 0 fully saturated rings. The van der Waals surface area contributed by atoms with Gasteiger partial charge in [0.25, 0.3) is 5.56 Å². The Balaban J connectivity index is 2.30. The number of fused-ring (bicyclic) bond motifs is 1. The van der Waals surface area contributed by atoms with Crippen molar-refractivity contribution in [2.45, 2.75) is 6.18 Å². The van der Waals surface area contributed by atoms with Gasteiger partial charge in [0.1, 0.15) is 6.33 Å². The standard InChI is InChI=1S/C17H10F3IN2O/c18-17(19,20)9-15(11-4-2-1-3-5-11)23-10-22-14-7-6-12(21)8-13(14)16(23)24/h1-10H/b15-9-. The largest absolute Gasteiger partial charge is 0.411 e. The molecular formula is C17H10F3IN2O. The first-order chi connectivity index (χ1) is 11.3. The third-order valence-electron chi connectivity index (χ3n) is 3.35. The third kappa shape index (κ3) is 3.50. The summed E-state index contributed by atoms with van der Waals surface area (Å²) in [6, 6.07) is 13.0. The van der Waals surface area contributed by atoms with E-state index in [9.17, 15) is 18.0 Å². The summed E-state index contributed by atoms with van der Waals surface area (Å²) in [6.07, 6.45) is -3.32. The third-order valence-corrected chi connectivity index (χ3v) is 4.02. The van der Waals surface area contributed by atoms with E-state index in [1.807, 2.05) is 22.6 Å². The van der Waals surface area contributed by atoms with Gasteiger partial charge in [-0.25, -0.2) is 4.98 Å². The average Bonchev–Trinajstić information content (AvgIpc) is 2.54. The van der Waals surface area contributed by atoms with Crippen molar-refractivity contribution in [1.29, 1.82) is 0 Å². The van der Waals surface area contributed by atoms with Crippen molar-refractivity contribution in [3.8, 4) is 0 Å². The molecule has 0 aliphatic rings. The molecule has 7 heteroatoms. The number of hydrogen-bond acceptors (Lipinski definition) is 2. The molecule has 0 spiro atoms. The zero-order chi connectivity index (χ0) is 17.3. The lowest BCUT2D eigenvalue weighted by Crippen LogP contribution is -2.22. The van der Waals surface area contributed by atoms with Crippen LogP contribution in [0.2, 0.25) is 0 Å². The number of allylic oxidation sites excluding steroid dienone is 1. The van der Waals surface area contributed by atoms with Gasteiger partial charge in [-0.05, 0) is 46.4 Å². The number of hydrogen-bond donors (Lipinski definition) is 0. The van der Waals surface area contributed by atoms with Gasteiger partial charge in [-0.2, -0.15) is 13.2 Å². The van der Waals surface area contributed by atoms with Crippen LogP contribution in [0.1, 0.15) is 5.56 Å². The SMILES string of the molecule is O=c1c2cc(I)ccc2ncn1/C(=C\C(F)(F)F)c1ccccc1. The first-order valence-corrected chi connectivity index (χ1v) is 7.95. The maximum absolute atomic E-state index is 13.0. The van der Waals surface area contributed by atoms with Crippen LogP contribution in [0.15, 0.2) is 65.7 Å². The molecule has 24 heavy (non-hydrogen) atoms. The molecule has 0 unspecified atom stereocenters. The molecule has 122 valence electrons. The van der Waals surface area contributed by atoms with Gasteiger partial charge in [0.05, 0.1) is 16.6 Å². The summed E-state index contributed by atoms with van der Waals surface area (Å²) in [7, 11) is 0. The minimum Gasteiger partial charge on any atom is -0.268 e. The summed E-state index contributed by atoms with van der Waals surface area (Å²) >= 11 is 2.04. The quantitative estimate of drug-likeness (QED) is 0.550. The summed E-state index contributed by atoms with van der Waals surface area (Å²) < 4.78 is 40.7. The Morgan fingerprint density at radius 2 is 1.83 bits per heavy atom. The van der Waals surface area contributed by atoms with E-state index < -0.39 is 11.7 Å². The van der Waals surface area contributed by atoms with Crippen LogP contribution in [0.4, 0.5) is 13.2 Å². The molecule has 1 heterocycles. The van der Waals surface area contributed by atoms with Gasteiger partial charge < -0.3 is 0 Å². The van der Waals surface area contributed by atoms with Crippen molar-refractivity contribution in [1.82, 2.24) is 9.55 Å². The van der Waals surface area contributed by atoms with Crippen LogP contribution in [-0.2, 0) is 0 Å². The second kappa shape index (κ2) is 6.39. The normalized spacial score (nSPS) is 12.6. The van der Waals surface area contributed by atoms with E-state index in [0.717, 1.165) is 14.5 Å². The zero-order valence-corrected chi connectivity index (χ0v) is 14.2. The van der Waals surface area contributed by atoms with E-state index in [1.54, 1.807) is 36.4 Å².